The van der Waals surface area contributed by atoms with Gasteiger partial charge < -0.3 is 5.73 Å². The van der Waals surface area contributed by atoms with Gasteiger partial charge in [-0.3, -0.25) is 0 Å². The third-order valence-electron chi connectivity index (χ3n) is 3.58. The van der Waals surface area contributed by atoms with Crippen LogP contribution in [0.25, 0.3) is 0 Å². The first-order chi connectivity index (χ1) is 9.75. The van der Waals surface area contributed by atoms with Gasteiger partial charge in [0, 0.05) is 10.5 Å². The molecule has 2 aromatic rings. The van der Waals surface area contributed by atoms with Crippen LogP contribution in [0.1, 0.15) is 43.5 Å². The maximum absolute atomic E-state index is 13.4. The van der Waals surface area contributed by atoms with Crippen LogP contribution in [-0.2, 0) is 11.8 Å². The number of halogens is 2. The standard InChI is InChI=1S/C18H21BrFN/c1-18(2,3)14-6-4-13(5-7-14)17(21)10-12-8-15(19)11-16(20)9-12/h4-9,11,17H,10,21H2,1-3H3. The van der Waals surface area contributed by atoms with Crippen LogP contribution < -0.4 is 5.73 Å². The average Bonchev–Trinajstić information content (AvgIpc) is 2.36. The fourth-order valence-electron chi connectivity index (χ4n) is 2.33. The summed E-state index contributed by atoms with van der Waals surface area (Å²) in [4.78, 5) is 0. The molecule has 0 amide bonds. The third kappa shape index (κ3) is 4.39. The molecular weight excluding hydrogens is 329 g/mol. The minimum absolute atomic E-state index is 0.132. The number of hydrogen-bond donors (Lipinski definition) is 1. The molecule has 0 heterocycles. The Morgan fingerprint density at radius 3 is 2.24 bits per heavy atom. The topological polar surface area (TPSA) is 26.0 Å². The van der Waals surface area contributed by atoms with Crippen LogP contribution in [0.15, 0.2) is 46.9 Å². The van der Waals surface area contributed by atoms with Crippen molar-refractivity contribution >= 4 is 15.9 Å². The summed E-state index contributed by atoms with van der Waals surface area (Å²) >= 11 is 3.31. The molecule has 0 bridgehead atoms. The average molecular weight is 350 g/mol. The SMILES string of the molecule is CC(C)(C)c1ccc(C(N)Cc2cc(F)cc(Br)c2)cc1. The van der Waals surface area contributed by atoms with E-state index in [0.29, 0.717) is 6.42 Å². The zero-order valence-electron chi connectivity index (χ0n) is 12.7. The largest absolute Gasteiger partial charge is 0.324 e. The van der Waals surface area contributed by atoms with Gasteiger partial charge in [0.15, 0.2) is 0 Å². The van der Waals surface area contributed by atoms with Gasteiger partial charge in [-0.1, -0.05) is 61.0 Å². The Kier molecular flexibility index (Phi) is 4.84. The first-order valence-electron chi connectivity index (χ1n) is 7.07. The number of benzene rings is 2. The molecule has 2 rings (SSSR count). The van der Waals surface area contributed by atoms with E-state index >= 15 is 0 Å². The van der Waals surface area contributed by atoms with Crippen molar-refractivity contribution in [3.63, 3.8) is 0 Å². The minimum Gasteiger partial charge on any atom is -0.324 e. The molecule has 0 fully saturated rings. The summed E-state index contributed by atoms with van der Waals surface area (Å²) in [6.45, 7) is 6.56. The quantitative estimate of drug-likeness (QED) is 0.816. The Bertz CT molecular complexity index is 594. The highest BCUT2D eigenvalue weighted by Gasteiger charge is 2.14. The summed E-state index contributed by atoms with van der Waals surface area (Å²) in [5, 5.41) is 0. The van der Waals surface area contributed by atoms with Crippen molar-refractivity contribution in [1.29, 1.82) is 0 Å². The molecule has 0 aromatic heterocycles. The van der Waals surface area contributed by atoms with E-state index in [4.69, 9.17) is 5.73 Å². The van der Waals surface area contributed by atoms with E-state index in [-0.39, 0.29) is 17.3 Å². The normalized spacial score (nSPS) is 13.2. The van der Waals surface area contributed by atoms with Crippen molar-refractivity contribution in [3.05, 3.63) is 69.4 Å². The van der Waals surface area contributed by atoms with Crippen molar-refractivity contribution in [2.24, 2.45) is 5.73 Å². The van der Waals surface area contributed by atoms with Crippen LogP contribution >= 0.6 is 15.9 Å². The summed E-state index contributed by atoms with van der Waals surface area (Å²) in [7, 11) is 0. The monoisotopic (exact) mass is 349 g/mol. The summed E-state index contributed by atoms with van der Waals surface area (Å²) in [6.07, 6.45) is 0.616. The highest BCUT2D eigenvalue weighted by Crippen LogP contribution is 2.25. The molecular formula is C18H21BrFN. The van der Waals surface area contributed by atoms with E-state index in [1.54, 1.807) is 0 Å². The maximum Gasteiger partial charge on any atom is 0.124 e. The van der Waals surface area contributed by atoms with Gasteiger partial charge in [-0.2, -0.15) is 0 Å². The molecule has 1 nitrogen and oxygen atoms in total. The fraction of sp³-hybridized carbons (Fsp3) is 0.333. The second-order valence-electron chi connectivity index (χ2n) is 6.46. The molecule has 2 aromatic carbocycles. The molecule has 0 aliphatic carbocycles. The Labute approximate surface area is 134 Å². The molecule has 0 spiro atoms. The molecule has 0 saturated carbocycles. The second-order valence-corrected chi connectivity index (χ2v) is 7.38. The van der Waals surface area contributed by atoms with E-state index in [2.05, 4.69) is 61.0 Å². The predicted molar refractivity (Wildman–Crippen MR) is 89.9 cm³/mol. The lowest BCUT2D eigenvalue weighted by atomic mass is 9.86. The molecule has 0 saturated heterocycles. The van der Waals surface area contributed by atoms with Gasteiger partial charge in [0.1, 0.15) is 5.82 Å². The van der Waals surface area contributed by atoms with E-state index < -0.39 is 0 Å². The van der Waals surface area contributed by atoms with Crippen molar-refractivity contribution < 1.29 is 4.39 Å². The predicted octanol–water partition coefficient (Wildman–Crippen LogP) is 5.13. The Hall–Kier alpha value is -1.19. The van der Waals surface area contributed by atoms with Crippen LogP contribution in [0.3, 0.4) is 0 Å². The van der Waals surface area contributed by atoms with E-state index in [0.717, 1.165) is 15.6 Å². The number of hydrogen-bond acceptors (Lipinski definition) is 1. The molecule has 0 aliphatic rings. The van der Waals surface area contributed by atoms with E-state index in [1.165, 1.54) is 17.7 Å². The van der Waals surface area contributed by atoms with Crippen molar-refractivity contribution in [3.8, 4) is 0 Å². The Morgan fingerprint density at radius 1 is 1.10 bits per heavy atom. The third-order valence-corrected chi connectivity index (χ3v) is 4.04. The van der Waals surface area contributed by atoms with Crippen LogP contribution in [-0.4, -0.2) is 0 Å². The lowest BCUT2D eigenvalue weighted by Crippen LogP contribution is -2.15. The van der Waals surface area contributed by atoms with Crippen LogP contribution in [0.4, 0.5) is 4.39 Å². The second kappa shape index (κ2) is 6.29. The van der Waals surface area contributed by atoms with Crippen molar-refractivity contribution in [2.45, 2.75) is 38.6 Å². The molecule has 1 atom stereocenters. The molecule has 0 radical (unpaired) electrons. The first-order valence-corrected chi connectivity index (χ1v) is 7.86. The molecule has 21 heavy (non-hydrogen) atoms. The molecule has 1 unspecified atom stereocenters. The maximum atomic E-state index is 13.4. The molecule has 0 aliphatic heterocycles. The van der Waals surface area contributed by atoms with Crippen molar-refractivity contribution in [2.75, 3.05) is 0 Å². The van der Waals surface area contributed by atoms with Gasteiger partial charge in [0.2, 0.25) is 0 Å². The van der Waals surface area contributed by atoms with Crippen LogP contribution in [0, 0.1) is 5.82 Å². The van der Waals surface area contributed by atoms with Gasteiger partial charge in [-0.05, 0) is 46.7 Å². The number of rotatable bonds is 3. The lowest BCUT2D eigenvalue weighted by molar-refractivity contribution is 0.589. The highest BCUT2D eigenvalue weighted by atomic mass is 79.9. The summed E-state index contributed by atoms with van der Waals surface area (Å²) < 4.78 is 14.1. The van der Waals surface area contributed by atoms with Crippen molar-refractivity contribution in [1.82, 2.24) is 0 Å². The fourth-order valence-corrected chi connectivity index (χ4v) is 2.84. The molecule has 112 valence electrons. The van der Waals surface area contributed by atoms with Gasteiger partial charge in [0.25, 0.3) is 0 Å². The minimum atomic E-state index is -0.241. The van der Waals surface area contributed by atoms with E-state index in [9.17, 15) is 4.39 Å². The van der Waals surface area contributed by atoms with Gasteiger partial charge in [0.05, 0.1) is 0 Å². The lowest BCUT2D eigenvalue weighted by Gasteiger charge is -2.20. The van der Waals surface area contributed by atoms with Crippen LogP contribution in [0.5, 0.6) is 0 Å². The van der Waals surface area contributed by atoms with Gasteiger partial charge >= 0.3 is 0 Å². The Balaban J connectivity index is 2.15. The summed E-state index contributed by atoms with van der Waals surface area (Å²) in [6, 6.07) is 13.1. The molecule has 2 N–H and O–H groups in total. The summed E-state index contributed by atoms with van der Waals surface area (Å²) in [5.74, 6) is -0.241. The summed E-state index contributed by atoms with van der Waals surface area (Å²) in [5.41, 5.74) is 9.64. The van der Waals surface area contributed by atoms with Crippen LogP contribution in [0.2, 0.25) is 0 Å². The van der Waals surface area contributed by atoms with E-state index in [1.807, 2.05) is 6.07 Å². The zero-order chi connectivity index (χ0) is 15.6. The van der Waals surface area contributed by atoms with Gasteiger partial charge in [-0.15, -0.1) is 0 Å². The molecule has 3 heteroatoms. The Morgan fingerprint density at radius 2 is 1.71 bits per heavy atom. The smallest absolute Gasteiger partial charge is 0.124 e. The van der Waals surface area contributed by atoms with Gasteiger partial charge in [-0.25, -0.2) is 4.39 Å². The highest BCUT2D eigenvalue weighted by molar-refractivity contribution is 9.10. The number of nitrogens with two attached hydrogens (primary N) is 1. The zero-order valence-corrected chi connectivity index (χ0v) is 14.2. The first kappa shape index (κ1) is 16.2.